The zero-order chi connectivity index (χ0) is 13.2. The van der Waals surface area contributed by atoms with Crippen LogP contribution in [0.4, 0.5) is 5.82 Å². The van der Waals surface area contributed by atoms with Gasteiger partial charge in [-0.25, -0.2) is 9.97 Å². The van der Waals surface area contributed by atoms with Crippen molar-refractivity contribution in [1.29, 1.82) is 0 Å². The van der Waals surface area contributed by atoms with Gasteiger partial charge in [-0.15, -0.1) is 10.2 Å². The monoisotopic (exact) mass is 293 g/mol. The number of nitrogens with zero attached hydrogens (tertiary/aromatic N) is 4. The molecule has 0 bridgehead atoms. The van der Waals surface area contributed by atoms with Gasteiger partial charge >= 0.3 is 0 Å². The minimum atomic E-state index is 0.548. The topological polar surface area (TPSA) is 63.6 Å². The van der Waals surface area contributed by atoms with Crippen LogP contribution >= 0.6 is 23.1 Å². The molecule has 5 nitrogen and oxygen atoms in total. The van der Waals surface area contributed by atoms with Gasteiger partial charge in [0.15, 0.2) is 4.34 Å². The van der Waals surface area contributed by atoms with Crippen LogP contribution in [0.2, 0.25) is 0 Å². The number of hydrogen-bond acceptors (Lipinski definition) is 7. The highest BCUT2D eigenvalue weighted by atomic mass is 32.2. The highest BCUT2D eigenvalue weighted by Gasteiger charge is 2.28. The van der Waals surface area contributed by atoms with Crippen LogP contribution in [0.1, 0.15) is 37.1 Å². The van der Waals surface area contributed by atoms with E-state index in [0.29, 0.717) is 5.92 Å². The molecule has 1 fully saturated rings. The van der Waals surface area contributed by atoms with Gasteiger partial charge in [-0.3, -0.25) is 0 Å². The summed E-state index contributed by atoms with van der Waals surface area (Å²) in [4.78, 5) is 9.35. The molecule has 100 valence electrons. The Morgan fingerprint density at radius 3 is 2.89 bits per heavy atom. The lowest BCUT2D eigenvalue weighted by atomic mass is 10.3. The Morgan fingerprint density at radius 1 is 1.42 bits per heavy atom. The Bertz CT molecular complexity index is 566. The van der Waals surface area contributed by atoms with Gasteiger partial charge in [-0.2, -0.15) is 0 Å². The Labute approximate surface area is 120 Å². The van der Waals surface area contributed by atoms with Gasteiger partial charge in [0.2, 0.25) is 0 Å². The molecule has 19 heavy (non-hydrogen) atoms. The Kier molecular flexibility index (Phi) is 3.65. The van der Waals surface area contributed by atoms with E-state index in [2.05, 4.69) is 34.3 Å². The van der Waals surface area contributed by atoms with E-state index >= 15 is 0 Å². The second kappa shape index (κ2) is 5.42. The predicted molar refractivity (Wildman–Crippen MR) is 76.9 cm³/mol. The van der Waals surface area contributed by atoms with Gasteiger partial charge < -0.3 is 5.32 Å². The molecule has 1 aliphatic carbocycles. The second-order valence-electron chi connectivity index (χ2n) is 4.47. The maximum atomic E-state index is 4.70. The fourth-order valence-corrected chi connectivity index (χ4v) is 3.25. The Hall–Kier alpha value is -1.21. The summed E-state index contributed by atoms with van der Waals surface area (Å²) in [5, 5.41) is 12.2. The summed E-state index contributed by atoms with van der Waals surface area (Å²) in [6.07, 6.45) is 2.41. The first-order valence-electron chi connectivity index (χ1n) is 6.34. The smallest absolute Gasteiger partial charge is 0.180 e. The highest BCUT2D eigenvalue weighted by molar-refractivity contribution is 8.01. The average Bonchev–Trinajstić information content (AvgIpc) is 3.13. The third kappa shape index (κ3) is 2.87. The van der Waals surface area contributed by atoms with E-state index in [9.17, 15) is 0 Å². The van der Waals surface area contributed by atoms with Gasteiger partial charge in [0.25, 0.3) is 0 Å². The summed E-state index contributed by atoms with van der Waals surface area (Å²) in [6, 6.07) is 0. The number of aromatic nitrogens is 4. The molecule has 0 aromatic carbocycles. The lowest BCUT2D eigenvalue weighted by molar-refractivity contribution is 0.859. The van der Waals surface area contributed by atoms with E-state index in [1.807, 2.05) is 0 Å². The van der Waals surface area contributed by atoms with E-state index in [4.69, 9.17) is 4.98 Å². The molecule has 0 unspecified atom stereocenters. The molecule has 2 aromatic rings. The summed E-state index contributed by atoms with van der Waals surface area (Å²) in [6.45, 7) is 5.00. The zero-order valence-corrected chi connectivity index (χ0v) is 12.5. The third-order valence-corrected chi connectivity index (χ3v) is 4.80. The normalized spacial score (nSPS) is 14.6. The number of anilines is 1. The quantitative estimate of drug-likeness (QED) is 0.855. The van der Waals surface area contributed by atoms with Crippen molar-refractivity contribution in [2.75, 3.05) is 11.9 Å². The molecule has 2 aromatic heterocycles. The highest BCUT2D eigenvalue weighted by Crippen LogP contribution is 2.41. The van der Waals surface area contributed by atoms with Crippen LogP contribution in [0.15, 0.2) is 14.9 Å². The van der Waals surface area contributed by atoms with Crippen molar-refractivity contribution in [2.24, 2.45) is 0 Å². The lowest BCUT2D eigenvalue weighted by Crippen LogP contribution is -2.07. The predicted octanol–water partition coefficient (Wildman–Crippen LogP) is 3.10. The van der Waals surface area contributed by atoms with Crippen molar-refractivity contribution in [3.8, 4) is 0 Å². The van der Waals surface area contributed by atoms with E-state index in [1.54, 1.807) is 17.3 Å². The van der Waals surface area contributed by atoms with Crippen molar-refractivity contribution in [3.05, 3.63) is 16.9 Å². The number of hydrogen-bond donors (Lipinski definition) is 1. The summed E-state index contributed by atoms with van der Waals surface area (Å²) in [7, 11) is 0. The van der Waals surface area contributed by atoms with Crippen LogP contribution in [0.5, 0.6) is 0 Å². The SMILES string of the molecule is CCNc1nc(C2CC2)nc(Sc2nncs2)c1C. The maximum Gasteiger partial charge on any atom is 0.180 e. The molecule has 0 saturated heterocycles. The summed E-state index contributed by atoms with van der Waals surface area (Å²) < 4.78 is 0.922. The summed E-state index contributed by atoms with van der Waals surface area (Å²) >= 11 is 3.11. The molecule has 1 saturated carbocycles. The summed E-state index contributed by atoms with van der Waals surface area (Å²) in [5.74, 6) is 2.46. The van der Waals surface area contributed by atoms with Crippen molar-refractivity contribution < 1.29 is 0 Å². The van der Waals surface area contributed by atoms with E-state index in [0.717, 1.165) is 33.1 Å². The molecular weight excluding hydrogens is 278 g/mol. The van der Waals surface area contributed by atoms with Crippen molar-refractivity contribution >= 4 is 28.9 Å². The molecule has 0 aliphatic heterocycles. The van der Waals surface area contributed by atoms with Crippen LogP contribution in [-0.4, -0.2) is 26.7 Å². The van der Waals surface area contributed by atoms with Crippen LogP contribution in [-0.2, 0) is 0 Å². The molecular formula is C12H15N5S2. The van der Waals surface area contributed by atoms with Gasteiger partial charge in [0.05, 0.1) is 0 Å². The molecule has 1 N–H and O–H groups in total. The maximum absolute atomic E-state index is 4.70. The second-order valence-corrected chi connectivity index (χ2v) is 6.54. The molecule has 0 spiro atoms. The van der Waals surface area contributed by atoms with Crippen molar-refractivity contribution in [2.45, 2.75) is 42.0 Å². The molecule has 0 atom stereocenters. The minimum absolute atomic E-state index is 0.548. The van der Waals surface area contributed by atoms with Crippen LogP contribution in [0.3, 0.4) is 0 Å². The molecule has 2 heterocycles. The fraction of sp³-hybridized carbons (Fsp3) is 0.500. The van der Waals surface area contributed by atoms with Crippen molar-refractivity contribution in [3.63, 3.8) is 0 Å². The van der Waals surface area contributed by atoms with Crippen molar-refractivity contribution in [1.82, 2.24) is 20.2 Å². The first kappa shape index (κ1) is 12.8. The van der Waals surface area contributed by atoms with E-state index in [-0.39, 0.29) is 0 Å². The molecule has 0 radical (unpaired) electrons. The lowest BCUT2D eigenvalue weighted by Gasteiger charge is -2.11. The number of nitrogens with one attached hydrogen (secondary N) is 1. The van der Waals surface area contributed by atoms with Crippen LogP contribution in [0, 0.1) is 6.92 Å². The largest absolute Gasteiger partial charge is 0.370 e. The minimum Gasteiger partial charge on any atom is -0.370 e. The van der Waals surface area contributed by atoms with Gasteiger partial charge in [0, 0.05) is 18.0 Å². The third-order valence-electron chi connectivity index (χ3n) is 2.93. The van der Waals surface area contributed by atoms with Crippen LogP contribution < -0.4 is 5.32 Å². The van der Waals surface area contributed by atoms with E-state index < -0.39 is 0 Å². The first-order chi connectivity index (χ1) is 9.28. The van der Waals surface area contributed by atoms with E-state index in [1.165, 1.54) is 24.2 Å². The Morgan fingerprint density at radius 2 is 2.26 bits per heavy atom. The van der Waals surface area contributed by atoms with Crippen LogP contribution in [0.25, 0.3) is 0 Å². The summed E-state index contributed by atoms with van der Waals surface area (Å²) in [5.41, 5.74) is 2.83. The Balaban J connectivity index is 1.96. The molecule has 3 rings (SSSR count). The zero-order valence-electron chi connectivity index (χ0n) is 10.9. The number of rotatable bonds is 5. The van der Waals surface area contributed by atoms with Gasteiger partial charge in [-0.05, 0) is 38.5 Å². The average molecular weight is 293 g/mol. The fourth-order valence-electron chi connectivity index (χ4n) is 1.77. The first-order valence-corrected chi connectivity index (χ1v) is 8.04. The molecule has 7 heteroatoms. The van der Waals surface area contributed by atoms with Gasteiger partial charge in [-0.1, -0.05) is 11.3 Å². The molecule has 0 amide bonds. The standard InChI is InChI=1S/C12H15N5S2/c1-3-13-9-7(2)11(19-12-17-14-6-18-12)16-10(15-9)8-4-5-8/h6,8H,3-5H2,1-2H3,(H,13,15,16). The molecule has 1 aliphatic rings. The van der Waals surface area contributed by atoms with Gasteiger partial charge in [0.1, 0.15) is 22.2 Å².